The van der Waals surface area contributed by atoms with Crippen LogP contribution in [-0.4, -0.2) is 40.9 Å². The highest BCUT2D eigenvalue weighted by Gasteiger charge is 2.19. The van der Waals surface area contributed by atoms with Crippen LogP contribution in [0.3, 0.4) is 0 Å². The van der Waals surface area contributed by atoms with Gasteiger partial charge in [0.2, 0.25) is 0 Å². The van der Waals surface area contributed by atoms with Crippen molar-refractivity contribution in [3.8, 4) is 0 Å². The number of hydrazine groups is 1. The Morgan fingerprint density at radius 1 is 1.48 bits per heavy atom. The Labute approximate surface area is 128 Å². The highest BCUT2D eigenvalue weighted by atomic mass is 32.2. The summed E-state index contributed by atoms with van der Waals surface area (Å²) in [7, 11) is 1.80. The highest BCUT2D eigenvalue weighted by molar-refractivity contribution is 7.98. The number of amides is 1. The minimum absolute atomic E-state index is 0.0983. The first-order valence-electron chi connectivity index (χ1n) is 6.71. The van der Waals surface area contributed by atoms with Crippen molar-refractivity contribution in [2.45, 2.75) is 13.0 Å². The molecule has 0 spiro atoms. The van der Waals surface area contributed by atoms with Gasteiger partial charge in [-0.25, -0.2) is 10.8 Å². The molecule has 0 aliphatic rings. The van der Waals surface area contributed by atoms with E-state index in [4.69, 9.17) is 5.84 Å². The van der Waals surface area contributed by atoms with Gasteiger partial charge in [0.15, 0.2) is 0 Å². The summed E-state index contributed by atoms with van der Waals surface area (Å²) < 4.78 is 0. The molecule has 1 aromatic carbocycles. The van der Waals surface area contributed by atoms with Gasteiger partial charge in [-0.05, 0) is 24.6 Å². The number of carbonyl (C=O) groups excluding carboxylic acids is 1. The smallest absolute Gasteiger partial charge is 0.272 e. The van der Waals surface area contributed by atoms with Crippen molar-refractivity contribution < 1.29 is 4.79 Å². The van der Waals surface area contributed by atoms with Crippen LogP contribution in [0.25, 0.3) is 10.8 Å². The van der Waals surface area contributed by atoms with E-state index in [1.54, 1.807) is 29.8 Å². The van der Waals surface area contributed by atoms with Crippen molar-refractivity contribution in [3.05, 3.63) is 36.0 Å². The average molecular weight is 304 g/mol. The number of pyridine rings is 1. The van der Waals surface area contributed by atoms with Gasteiger partial charge in [0.25, 0.3) is 5.91 Å². The third kappa shape index (κ3) is 3.28. The molecule has 5 nitrogen and oxygen atoms in total. The molecule has 0 saturated heterocycles. The Morgan fingerprint density at radius 3 is 2.86 bits per heavy atom. The zero-order valence-corrected chi connectivity index (χ0v) is 13.3. The van der Waals surface area contributed by atoms with Gasteiger partial charge in [-0.1, -0.05) is 24.3 Å². The third-order valence-electron chi connectivity index (χ3n) is 3.49. The van der Waals surface area contributed by atoms with Gasteiger partial charge in [-0.3, -0.25) is 4.79 Å². The lowest BCUT2D eigenvalue weighted by Crippen LogP contribution is -2.37. The summed E-state index contributed by atoms with van der Waals surface area (Å²) in [5, 5.41) is 1.84. The van der Waals surface area contributed by atoms with E-state index in [1.165, 1.54) is 0 Å². The lowest BCUT2D eigenvalue weighted by atomic mass is 10.1. The number of anilines is 1. The second kappa shape index (κ2) is 6.78. The number of benzene rings is 1. The summed E-state index contributed by atoms with van der Waals surface area (Å²) in [6.45, 7) is 2.03. The number of aromatic nitrogens is 1. The Morgan fingerprint density at radius 2 is 2.19 bits per heavy atom. The maximum Gasteiger partial charge on any atom is 0.272 e. The zero-order valence-electron chi connectivity index (χ0n) is 12.5. The quantitative estimate of drug-likeness (QED) is 0.655. The second-order valence-corrected chi connectivity index (χ2v) is 5.85. The molecule has 6 heteroatoms. The first-order chi connectivity index (χ1) is 10.1. The van der Waals surface area contributed by atoms with E-state index in [0.717, 1.165) is 16.5 Å². The van der Waals surface area contributed by atoms with Crippen molar-refractivity contribution in [1.82, 2.24) is 9.88 Å². The minimum atomic E-state index is -0.0983. The molecule has 0 bridgehead atoms. The molecule has 2 rings (SSSR count). The van der Waals surface area contributed by atoms with E-state index in [9.17, 15) is 4.79 Å². The molecular weight excluding hydrogens is 284 g/mol. The molecule has 1 unspecified atom stereocenters. The lowest BCUT2D eigenvalue weighted by molar-refractivity contribution is 0.0752. The first-order valence-corrected chi connectivity index (χ1v) is 8.10. The Bertz CT molecular complexity index is 647. The van der Waals surface area contributed by atoms with Crippen LogP contribution in [0.5, 0.6) is 0 Å². The summed E-state index contributed by atoms with van der Waals surface area (Å²) in [5.41, 5.74) is 2.97. The van der Waals surface area contributed by atoms with E-state index in [1.807, 2.05) is 37.4 Å². The van der Waals surface area contributed by atoms with Crippen LogP contribution in [0.15, 0.2) is 30.3 Å². The number of carbonyl (C=O) groups is 1. The van der Waals surface area contributed by atoms with Crippen LogP contribution in [0.4, 0.5) is 5.82 Å². The maximum absolute atomic E-state index is 12.6. The van der Waals surface area contributed by atoms with Crippen molar-refractivity contribution in [2.24, 2.45) is 5.84 Å². The minimum Gasteiger partial charge on any atom is -0.337 e. The fourth-order valence-electron chi connectivity index (χ4n) is 2.15. The third-order valence-corrected chi connectivity index (χ3v) is 4.30. The number of nitrogens with zero attached hydrogens (tertiary/aromatic N) is 2. The fourth-order valence-corrected chi connectivity index (χ4v) is 2.86. The lowest BCUT2D eigenvalue weighted by Gasteiger charge is -2.24. The molecule has 1 aromatic heterocycles. The summed E-state index contributed by atoms with van der Waals surface area (Å²) in [5.74, 6) is 6.83. The molecule has 0 aliphatic carbocycles. The van der Waals surface area contributed by atoms with E-state index in [2.05, 4.69) is 10.4 Å². The predicted molar refractivity (Wildman–Crippen MR) is 89.5 cm³/mol. The molecule has 0 radical (unpaired) electrons. The topological polar surface area (TPSA) is 71.2 Å². The van der Waals surface area contributed by atoms with Gasteiger partial charge < -0.3 is 10.3 Å². The fraction of sp³-hybridized carbons (Fsp3) is 0.333. The number of nitrogens with one attached hydrogen (secondary N) is 1. The molecule has 3 N–H and O–H groups in total. The summed E-state index contributed by atoms with van der Waals surface area (Å²) in [4.78, 5) is 18.6. The summed E-state index contributed by atoms with van der Waals surface area (Å²) >= 11 is 1.71. The number of hydrogen-bond acceptors (Lipinski definition) is 5. The van der Waals surface area contributed by atoms with Gasteiger partial charge >= 0.3 is 0 Å². The number of nitrogens with two attached hydrogens (primary N) is 1. The maximum atomic E-state index is 12.6. The molecule has 21 heavy (non-hydrogen) atoms. The van der Waals surface area contributed by atoms with Gasteiger partial charge in [-0.2, -0.15) is 11.8 Å². The number of thioether (sulfide) groups is 1. The molecule has 112 valence electrons. The largest absolute Gasteiger partial charge is 0.337 e. The van der Waals surface area contributed by atoms with Crippen molar-refractivity contribution in [2.75, 3.05) is 24.5 Å². The van der Waals surface area contributed by atoms with Gasteiger partial charge in [0, 0.05) is 24.2 Å². The Kier molecular flexibility index (Phi) is 5.03. The standard InChI is InChI=1S/C15H20N4OS/c1-10(9-21-3)19(2)15(20)13-8-11-6-4-5-7-12(11)14(17-13)18-16/h4-8,10H,9,16H2,1-3H3,(H,17,18). The summed E-state index contributed by atoms with van der Waals surface area (Å²) in [6, 6.07) is 9.66. The summed E-state index contributed by atoms with van der Waals surface area (Å²) in [6.07, 6.45) is 2.03. The van der Waals surface area contributed by atoms with Crippen molar-refractivity contribution >= 4 is 34.3 Å². The van der Waals surface area contributed by atoms with Crippen molar-refractivity contribution in [1.29, 1.82) is 0 Å². The van der Waals surface area contributed by atoms with E-state index in [-0.39, 0.29) is 11.9 Å². The Balaban J connectivity index is 2.40. The molecule has 0 aliphatic heterocycles. The number of rotatable bonds is 5. The van der Waals surface area contributed by atoms with E-state index in [0.29, 0.717) is 11.5 Å². The van der Waals surface area contributed by atoms with E-state index < -0.39 is 0 Å². The first kappa shape index (κ1) is 15.6. The number of hydrogen-bond donors (Lipinski definition) is 2. The van der Waals surface area contributed by atoms with Crippen LogP contribution >= 0.6 is 11.8 Å². The molecule has 1 heterocycles. The van der Waals surface area contributed by atoms with Gasteiger partial charge in [-0.15, -0.1) is 0 Å². The number of nitrogen functional groups attached to an aromatic ring is 1. The SMILES string of the molecule is CSCC(C)N(C)C(=O)c1cc2ccccc2c(NN)n1. The van der Waals surface area contributed by atoms with Crippen LogP contribution in [0, 0.1) is 0 Å². The van der Waals surface area contributed by atoms with Crippen LogP contribution in [-0.2, 0) is 0 Å². The molecule has 0 fully saturated rings. The van der Waals surface area contributed by atoms with Crippen molar-refractivity contribution in [3.63, 3.8) is 0 Å². The number of fused-ring (bicyclic) bond motifs is 1. The van der Waals surface area contributed by atoms with Gasteiger partial charge in [0.05, 0.1) is 0 Å². The molecule has 1 amide bonds. The zero-order chi connectivity index (χ0) is 15.4. The average Bonchev–Trinajstić information content (AvgIpc) is 2.52. The van der Waals surface area contributed by atoms with E-state index >= 15 is 0 Å². The van der Waals surface area contributed by atoms with Crippen LogP contribution in [0.1, 0.15) is 17.4 Å². The molecule has 2 aromatic rings. The normalized spacial score (nSPS) is 12.2. The monoisotopic (exact) mass is 304 g/mol. The highest BCUT2D eigenvalue weighted by Crippen LogP contribution is 2.22. The molecular formula is C15H20N4OS. The van der Waals surface area contributed by atoms with Gasteiger partial charge in [0.1, 0.15) is 11.5 Å². The Hall–Kier alpha value is -1.79. The predicted octanol–water partition coefficient (Wildman–Crippen LogP) is 2.34. The van der Waals surface area contributed by atoms with Crippen LogP contribution < -0.4 is 11.3 Å². The molecule has 1 atom stereocenters. The second-order valence-electron chi connectivity index (χ2n) is 4.94. The van der Waals surface area contributed by atoms with Crippen LogP contribution in [0.2, 0.25) is 0 Å². The molecule has 0 saturated carbocycles.